The molecule has 0 unspecified atom stereocenters. The topological polar surface area (TPSA) is 50.7 Å². The first kappa shape index (κ1) is 11.8. The van der Waals surface area contributed by atoms with Gasteiger partial charge in [-0.2, -0.15) is 0 Å². The molecule has 5 heteroatoms. The van der Waals surface area contributed by atoms with Crippen LogP contribution in [0.5, 0.6) is 0 Å². The van der Waals surface area contributed by atoms with E-state index in [0.717, 1.165) is 20.8 Å². The van der Waals surface area contributed by atoms with E-state index in [0.29, 0.717) is 11.7 Å². The minimum atomic E-state index is 0.606. The average Bonchev–Trinajstić information content (AvgIpc) is 3.24. The fraction of sp³-hybridized carbons (Fsp3) is 0.308. The van der Waals surface area contributed by atoms with E-state index in [2.05, 4.69) is 37.9 Å². The van der Waals surface area contributed by atoms with Gasteiger partial charge < -0.3 is 5.32 Å². The summed E-state index contributed by atoms with van der Waals surface area (Å²) in [5.41, 5.74) is 1.99. The Morgan fingerprint density at radius 1 is 1.28 bits per heavy atom. The SMILES string of the molecule is CNc1nc(-c2ccccn2)nc(C2CC2)c1I. The van der Waals surface area contributed by atoms with Crippen LogP contribution in [-0.2, 0) is 0 Å². The maximum Gasteiger partial charge on any atom is 0.180 e. The molecule has 2 aromatic rings. The van der Waals surface area contributed by atoms with Crippen LogP contribution in [0.25, 0.3) is 11.5 Å². The molecule has 0 spiro atoms. The van der Waals surface area contributed by atoms with E-state index in [9.17, 15) is 0 Å². The molecule has 0 radical (unpaired) electrons. The number of pyridine rings is 1. The maximum atomic E-state index is 4.69. The third kappa shape index (κ3) is 2.19. The van der Waals surface area contributed by atoms with Crippen molar-refractivity contribution >= 4 is 28.4 Å². The van der Waals surface area contributed by atoms with Crippen LogP contribution in [0.4, 0.5) is 5.82 Å². The Balaban J connectivity index is 2.13. The first-order chi connectivity index (χ1) is 8.79. The molecule has 2 aromatic heterocycles. The largest absolute Gasteiger partial charge is 0.372 e. The minimum Gasteiger partial charge on any atom is -0.372 e. The van der Waals surface area contributed by atoms with Gasteiger partial charge in [-0.05, 0) is 47.6 Å². The Morgan fingerprint density at radius 3 is 2.72 bits per heavy atom. The van der Waals surface area contributed by atoms with Crippen molar-refractivity contribution in [3.8, 4) is 11.5 Å². The third-order valence-electron chi connectivity index (χ3n) is 2.97. The van der Waals surface area contributed by atoms with Crippen molar-refractivity contribution < 1.29 is 0 Å². The number of anilines is 1. The molecular weight excluding hydrogens is 339 g/mol. The van der Waals surface area contributed by atoms with Gasteiger partial charge in [0.05, 0.1) is 9.26 Å². The summed E-state index contributed by atoms with van der Waals surface area (Å²) in [6, 6.07) is 5.80. The van der Waals surface area contributed by atoms with Gasteiger partial charge in [-0.3, -0.25) is 4.98 Å². The molecule has 1 saturated carbocycles. The second kappa shape index (κ2) is 4.79. The molecule has 0 atom stereocenters. The number of hydrogen-bond donors (Lipinski definition) is 1. The van der Waals surface area contributed by atoms with Gasteiger partial charge in [-0.25, -0.2) is 9.97 Å². The van der Waals surface area contributed by atoms with Crippen LogP contribution >= 0.6 is 22.6 Å². The number of halogens is 1. The highest BCUT2D eigenvalue weighted by Gasteiger charge is 2.29. The van der Waals surface area contributed by atoms with Crippen molar-refractivity contribution in [2.75, 3.05) is 12.4 Å². The van der Waals surface area contributed by atoms with Gasteiger partial charge in [-0.15, -0.1) is 0 Å². The van der Waals surface area contributed by atoms with E-state index in [4.69, 9.17) is 4.98 Å². The first-order valence-corrected chi connectivity index (χ1v) is 7.04. The molecule has 2 heterocycles. The number of nitrogens with zero attached hydrogens (tertiary/aromatic N) is 3. The van der Waals surface area contributed by atoms with Crippen LogP contribution in [0, 0.1) is 3.57 Å². The summed E-state index contributed by atoms with van der Waals surface area (Å²) in [4.78, 5) is 13.6. The van der Waals surface area contributed by atoms with Gasteiger partial charge in [0.2, 0.25) is 0 Å². The lowest BCUT2D eigenvalue weighted by Gasteiger charge is -2.10. The molecule has 18 heavy (non-hydrogen) atoms. The fourth-order valence-electron chi connectivity index (χ4n) is 1.87. The van der Waals surface area contributed by atoms with E-state index in [1.54, 1.807) is 6.20 Å². The lowest BCUT2D eigenvalue weighted by Crippen LogP contribution is -2.05. The van der Waals surface area contributed by atoms with Gasteiger partial charge in [0, 0.05) is 19.2 Å². The molecule has 0 aliphatic heterocycles. The average molecular weight is 352 g/mol. The van der Waals surface area contributed by atoms with E-state index < -0.39 is 0 Å². The van der Waals surface area contributed by atoms with Crippen molar-refractivity contribution in [3.05, 3.63) is 33.7 Å². The Labute approximate surface area is 119 Å². The number of hydrogen-bond acceptors (Lipinski definition) is 4. The second-order valence-electron chi connectivity index (χ2n) is 4.33. The summed E-state index contributed by atoms with van der Waals surface area (Å²) in [5.74, 6) is 2.21. The van der Waals surface area contributed by atoms with Crippen molar-refractivity contribution in [1.29, 1.82) is 0 Å². The lowest BCUT2D eigenvalue weighted by atomic mass is 10.2. The molecule has 1 N–H and O–H groups in total. The quantitative estimate of drug-likeness (QED) is 0.863. The van der Waals surface area contributed by atoms with E-state index in [1.807, 2.05) is 25.2 Å². The lowest BCUT2D eigenvalue weighted by molar-refractivity contribution is 0.973. The summed E-state index contributed by atoms with van der Waals surface area (Å²) in [6.07, 6.45) is 4.24. The highest BCUT2D eigenvalue weighted by atomic mass is 127. The van der Waals surface area contributed by atoms with Gasteiger partial charge >= 0.3 is 0 Å². The van der Waals surface area contributed by atoms with E-state index >= 15 is 0 Å². The predicted molar refractivity (Wildman–Crippen MR) is 79.5 cm³/mol. The molecule has 0 saturated heterocycles. The molecule has 0 amide bonds. The van der Waals surface area contributed by atoms with Crippen LogP contribution in [0.1, 0.15) is 24.5 Å². The highest BCUT2D eigenvalue weighted by Crippen LogP contribution is 2.42. The zero-order chi connectivity index (χ0) is 12.5. The smallest absolute Gasteiger partial charge is 0.180 e. The molecule has 3 rings (SSSR count). The van der Waals surface area contributed by atoms with Crippen LogP contribution < -0.4 is 5.32 Å². The summed E-state index contributed by atoms with van der Waals surface area (Å²) >= 11 is 2.32. The van der Waals surface area contributed by atoms with E-state index in [-0.39, 0.29) is 0 Å². The van der Waals surface area contributed by atoms with Crippen molar-refractivity contribution in [2.24, 2.45) is 0 Å². The van der Waals surface area contributed by atoms with Crippen molar-refractivity contribution in [3.63, 3.8) is 0 Å². The third-order valence-corrected chi connectivity index (χ3v) is 4.04. The summed E-state index contributed by atoms with van der Waals surface area (Å²) < 4.78 is 1.14. The first-order valence-electron chi connectivity index (χ1n) is 5.96. The molecule has 1 aliphatic carbocycles. The van der Waals surface area contributed by atoms with Crippen molar-refractivity contribution in [1.82, 2.24) is 15.0 Å². The zero-order valence-electron chi connectivity index (χ0n) is 10.0. The minimum absolute atomic E-state index is 0.606. The van der Waals surface area contributed by atoms with Crippen LogP contribution in [-0.4, -0.2) is 22.0 Å². The summed E-state index contributed by atoms with van der Waals surface area (Å²) in [6.45, 7) is 0. The number of aromatic nitrogens is 3. The zero-order valence-corrected chi connectivity index (χ0v) is 12.2. The fourth-order valence-corrected chi connectivity index (χ4v) is 2.82. The molecule has 0 bridgehead atoms. The molecule has 4 nitrogen and oxygen atoms in total. The van der Waals surface area contributed by atoms with Crippen molar-refractivity contribution in [2.45, 2.75) is 18.8 Å². The van der Waals surface area contributed by atoms with E-state index in [1.165, 1.54) is 12.8 Å². The Bertz CT molecular complexity index is 567. The van der Waals surface area contributed by atoms with Crippen LogP contribution in [0.2, 0.25) is 0 Å². The Hall–Kier alpha value is -1.24. The number of nitrogens with one attached hydrogen (secondary N) is 1. The summed E-state index contributed by atoms with van der Waals surface area (Å²) in [5, 5.41) is 3.14. The van der Waals surface area contributed by atoms with Crippen LogP contribution in [0.15, 0.2) is 24.4 Å². The molecule has 92 valence electrons. The second-order valence-corrected chi connectivity index (χ2v) is 5.41. The van der Waals surface area contributed by atoms with Crippen LogP contribution in [0.3, 0.4) is 0 Å². The highest BCUT2D eigenvalue weighted by molar-refractivity contribution is 14.1. The van der Waals surface area contributed by atoms with Gasteiger partial charge in [0.15, 0.2) is 5.82 Å². The molecular formula is C13H13IN4. The standard InChI is InChI=1S/C13H13IN4/c1-15-13-10(14)11(8-5-6-8)17-12(18-13)9-4-2-3-7-16-9/h2-4,7-8H,5-6H2,1H3,(H,15,17,18). The maximum absolute atomic E-state index is 4.69. The summed E-state index contributed by atoms with van der Waals surface area (Å²) in [7, 11) is 1.89. The molecule has 1 aliphatic rings. The monoisotopic (exact) mass is 352 g/mol. The molecule has 1 fully saturated rings. The van der Waals surface area contributed by atoms with Gasteiger partial charge in [0.1, 0.15) is 11.5 Å². The normalized spacial score (nSPS) is 14.6. The van der Waals surface area contributed by atoms with Gasteiger partial charge in [-0.1, -0.05) is 6.07 Å². The Morgan fingerprint density at radius 2 is 2.11 bits per heavy atom. The predicted octanol–water partition coefficient (Wildman–Crippen LogP) is 3.06. The van der Waals surface area contributed by atoms with Gasteiger partial charge in [0.25, 0.3) is 0 Å². The Kier molecular flexibility index (Phi) is 3.15. The number of rotatable bonds is 3. The molecule has 0 aromatic carbocycles.